The third kappa shape index (κ3) is 6.59. The van der Waals surface area contributed by atoms with Crippen molar-refractivity contribution in [2.45, 2.75) is 45.7 Å². The van der Waals surface area contributed by atoms with E-state index in [-0.39, 0.29) is 11.8 Å². The summed E-state index contributed by atoms with van der Waals surface area (Å²) in [6.07, 6.45) is 2.55. The number of nitrogens with one attached hydrogen (secondary N) is 2. The first kappa shape index (κ1) is 21.8. The van der Waals surface area contributed by atoms with Gasteiger partial charge in [0.05, 0.1) is 13.7 Å². The molecule has 2 N–H and O–H groups in total. The van der Waals surface area contributed by atoms with Gasteiger partial charge in [0.15, 0.2) is 0 Å². The van der Waals surface area contributed by atoms with E-state index in [0.29, 0.717) is 32.1 Å². The van der Waals surface area contributed by atoms with Crippen molar-refractivity contribution in [1.82, 2.24) is 10.2 Å². The molecule has 0 atom stereocenters. The summed E-state index contributed by atoms with van der Waals surface area (Å²) in [6.45, 7) is 5.37. The lowest BCUT2D eigenvalue weighted by molar-refractivity contribution is -0.122. The van der Waals surface area contributed by atoms with Crippen molar-refractivity contribution in [1.29, 1.82) is 0 Å². The summed E-state index contributed by atoms with van der Waals surface area (Å²) in [6, 6.07) is 14.1. The van der Waals surface area contributed by atoms with E-state index in [1.807, 2.05) is 56.3 Å². The molecule has 2 amide bonds. The van der Waals surface area contributed by atoms with Crippen molar-refractivity contribution < 1.29 is 14.3 Å². The minimum Gasteiger partial charge on any atom is -0.497 e. The number of amides is 2. The number of ether oxygens (including phenoxy) is 1. The highest BCUT2D eigenvalue weighted by atomic mass is 16.5. The average Bonchev–Trinajstić information content (AvgIpc) is 3.58. The predicted molar refractivity (Wildman–Crippen MR) is 119 cm³/mol. The normalized spacial score (nSPS) is 13.2. The number of nitrogens with zero attached hydrogens (tertiary/aromatic N) is 1. The number of benzene rings is 2. The molecule has 1 saturated carbocycles. The summed E-state index contributed by atoms with van der Waals surface area (Å²) < 4.78 is 5.14. The molecule has 0 aromatic heterocycles. The van der Waals surface area contributed by atoms with Gasteiger partial charge in [-0.25, -0.2) is 0 Å². The Hall–Kier alpha value is -2.86. The molecule has 6 nitrogen and oxygen atoms in total. The van der Waals surface area contributed by atoms with Crippen LogP contribution in [0.2, 0.25) is 0 Å². The van der Waals surface area contributed by atoms with Crippen LogP contribution in [0.3, 0.4) is 0 Å². The minimum absolute atomic E-state index is 0.00796. The second kappa shape index (κ2) is 10.3. The van der Waals surface area contributed by atoms with Crippen LogP contribution in [0.15, 0.2) is 42.5 Å². The summed E-state index contributed by atoms with van der Waals surface area (Å²) in [5.41, 5.74) is 4.04. The lowest BCUT2D eigenvalue weighted by Crippen LogP contribution is -2.37. The first-order valence-electron chi connectivity index (χ1n) is 10.5. The second-order valence-corrected chi connectivity index (χ2v) is 7.94. The maximum absolute atomic E-state index is 12.6. The molecule has 0 aliphatic heterocycles. The molecular formula is C24H31N3O3. The van der Waals surface area contributed by atoms with E-state index in [0.717, 1.165) is 41.0 Å². The SMILES string of the molecule is COc1ccc(CNC(=O)CCN(CC(=O)Nc2cc(C)ccc2C)C2CC2)cc1. The number of methoxy groups -OCH3 is 1. The van der Waals surface area contributed by atoms with Crippen molar-refractivity contribution in [2.75, 3.05) is 25.5 Å². The Morgan fingerprint density at radius 1 is 1.07 bits per heavy atom. The molecule has 1 fully saturated rings. The summed E-state index contributed by atoms with van der Waals surface area (Å²) in [5.74, 6) is 0.755. The van der Waals surface area contributed by atoms with Gasteiger partial charge in [0.1, 0.15) is 5.75 Å². The molecule has 0 heterocycles. The molecule has 0 radical (unpaired) electrons. The number of anilines is 1. The van der Waals surface area contributed by atoms with Gasteiger partial charge in [0.25, 0.3) is 0 Å². The molecule has 2 aromatic rings. The third-order valence-corrected chi connectivity index (χ3v) is 5.35. The van der Waals surface area contributed by atoms with Gasteiger partial charge in [-0.15, -0.1) is 0 Å². The smallest absolute Gasteiger partial charge is 0.238 e. The number of aryl methyl sites for hydroxylation is 2. The van der Waals surface area contributed by atoms with Gasteiger partial charge in [-0.3, -0.25) is 14.5 Å². The van der Waals surface area contributed by atoms with Crippen LogP contribution in [0.4, 0.5) is 5.69 Å². The van der Waals surface area contributed by atoms with Gasteiger partial charge in [0, 0.05) is 31.2 Å². The van der Waals surface area contributed by atoms with E-state index < -0.39 is 0 Å². The number of carbonyl (C=O) groups is 2. The summed E-state index contributed by atoms with van der Waals surface area (Å²) in [4.78, 5) is 27.0. The van der Waals surface area contributed by atoms with Crippen molar-refractivity contribution in [3.63, 3.8) is 0 Å². The van der Waals surface area contributed by atoms with Gasteiger partial charge in [-0.2, -0.15) is 0 Å². The summed E-state index contributed by atoms with van der Waals surface area (Å²) >= 11 is 0. The zero-order chi connectivity index (χ0) is 21.5. The van der Waals surface area contributed by atoms with Crippen molar-refractivity contribution in [3.05, 3.63) is 59.2 Å². The van der Waals surface area contributed by atoms with Crippen LogP contribution in [-0.2, 0) is 16.1 Å². The number of hydrogen-bond acceptors (Lipinski definition) is 4. The maximum atomic E-state index is 12.6. The molecule has 6 heteroatoms. The molecule has 0 bridgehead atoms. The first-order valence-corrected chi connectivity index (χ1v) is 10.5. The second-order valence-electron chi connectivity index (χ2n) is 7.94. The number of rotatable bonds is 10. The lowest BCUT2D eigenvalue weighted by atomic mass is 10.1. The Balaban J connectivity index is 1.45. The van der Waals surface area contributed by atoms with Gasteiger partial charge in [0.2, 0.25) is 11.8 Å². The average molecular weight is 410 g/mol. The molecular weight excluding hydrogens is 378 g/mol. The largest absolute Gasteiger partial charge is 0.497 e. The van der Waals surface area contributed by atoms with E-state index >= 15 is 0 Å². The van der Waals surface area contributed by atoms with Crippen molar-refractivity contribution >= 4 is 17.5 Å². The molecule has 2 aromatic carbocycles. The fourth-order valence-electron chi connectivity index (χ4n) is 3.35. The van der Waals surface area contributed by atoms with E-state index in [1.54, 1.807) is 7.11 Å². The van der Waals surface area contributed by atoms with Crippen LogP contribution in [0.5, 0.6) is 5.75 Å². The van der Waals surface area contributed by atoms with Gasteiger partial charge < -0.3 is 15.4 Å². The quantitative estimate of drug-likeness (QED) is 0.631. The lowest BCUT2D eigenvalue weighted by Gasteiger charge is -2.21. The number of carbonyl (C=O) groups excluding carboxylic acids is 2. The Morgan fingerprint density at radius 2 is 1.80 bits per heavy atom. The van der Waals surface area contributed by atoms with Crippen LogP contribution in [0.1, 0.15) is 36.0 Å². The maximum Gasteiger partial charge on any atom is 0.238 e. The molecule has 0 saturated heterocycles. The zero-order valence-electron chi connectivity index (χ0n) is 18.0. The summed E-state index contributed by atoms with van der Waals surface area (Å²) in [7, 11) is 1.63. The Labute approximate surface area is 178 Å². The van der Waals surface area contributed by atoms with E-state index in [1.165, 1.54) is 0 Å². The van der Waals surface area contributed by atoms with Crippen LogP contribution < -0.4 is 15.4 Å². The Morgan fingerprint density at radius 3 is 2.47 bits per heavy atom. The Bertz CT molecular complexity index is 876. The zero-order valence-corrected chi connectivity index (χ0v) is 18.0. The standard InChI is InChI=1S/C24H31N3O3/c1-17-4-5-18(2)22(14-17)26-24(29)16-27(20-8-9-20)13-12-23(28)25-15-19-6-10-21(30-3)11-7-19/h4-7,10-11,14,20H,8-9,12-13,15-16H2,1-3H3,(H,25,28)(H,26,29). The minimum atomic E-state index is -0.0331. The monoisotopic (exact) mass is 409 g/mol. The topological polar surface area (TPSA) is 70.7 Å². The van der Waals surface area contributed by atoms with Crippen LogP contribution in [-0.4, -0.2) is 43.0 Å². The highest BCUT2D eigenvalue weighted by molar-refractivity contribution is 5.93. The van der Waals surface area contributed by atoms with Crippen LogP contribution in [0.25, 0.3) is 0 Å². The highest BCUT2D eigenvalue weighted by Crippen LogP contribution is 2.27. The van der Waals surface area contributed by atoms with E-state index in [9.17, 15) is 9.59 Å². The molecule has 0 unspecified atom stereocenters. The van der Waals surface area contributed by atoms with Crippen LogP contribution in [0, 0.1) is 13.8 Å². The highest BCUT2D eigenvalue weighted by Gasteiger charge is 2.30. The van der Waals surface area contributed by atoms with Gasteiger partial charge >= 0.3 is 0 Å². The molecule has 1 aliphatic carbocycles. The van der Waals surface area contributed by atoms with Crippen LogP contribution >= 0.6 is 0 Å². The van der Waals surface area contributed by atoms with Crippen molar-refractivity contribution in [2.24, 2.45) is 0 Å². The molecule has 160 valence electrons. The fourth-order valence-corrected chi connectivity index (χ4v) is 3.35. The predicted octanol–water partition coefficient (Wildman–Crippen LogP) is 3.42. The van der Waals surface area contributed by atoms with Crippen molar-refractivity contribution in [3.8, 4) is 5.75 Å². The molecule has 1 aliphatic rings. The molecule has 0 spiro atoms. The van der Waals surface area contributed by atoms with E-state index in [2.05, 4.69) is 15.5 Å². The number of hydrogen-bond donors (Lipinski definition) is 2. The third-order valence-electron chi connectivity index (χ3n) is 5.35. The van der Waals surface area contributed by atoms with E-state index in [4.69, 9.17) is 4.74 Å². The summed E-state index contributed by atoms with van der Waals surface area (Å²) in [5, 5.41) is 5.97. The fraction of sp³-hybridized carbons (Fsp3) is 0.417. The Kier molecular flexibility index (Phi) is 7.46. The first-order chi connectivity index (χ1) is 14.4. The van der Waals surface area contributed by atoms with Gasteiger partial charge in [-0.05, 0) is 61.6 Å². The van der Waals surface area contributed by atoms with Gasteiger partial charge in [-0.1, -0.05) is 24.3 Å². The molecule has 3 rings (SSSR count). The molecule has 30 heavy (non-hydrogen) atoms.